The highest BCUT2D eigenvalue weighted by Crippen LogP contribution is 2.33. The fourth-order valence-electron chi connectivity index (χ4n) is 3.88. The lowest BCUT2D eigenvalue weighted by molar-refractivity contribution is 0.340. The number of halogens is 1. The molecule has 0 spiro atoms. The number of hydrogen-bond donors (Lipinski definition) is 0. The molecule has 1 aliphatic rings. The van der Waals surface area contributed by atoms with E-state index in [0.29, 0.717) is 35.4 Å². The highest BCUT2D eigenvalue weighted by atomic mass is 35.5. The molecule has 0 aliphatic carbocycles. The number of fused-ring (bicyclic) bond motifs is 1. The third-order valence-electron chi connectivity index (χ3n) is 5.29. The first-order chi connectivity index (χ1) is 13.4. The zero-order valence-electron chi connectivity index (χ0n) is 15.9. The van der Waals surface area contributed by atoms with Crippen LogP contribution in [0, 0.1) is 6.92 Å². The van der Waals surface area contributed by atoms with Gasteiger partial charge in [-0.1, -0.05) is 11.6 Å². The number of aryl methyl sites for hydroxylation is 1. The van der Waals surface area contributed by atoms with Crippen LogP contribution < -0.4 is 4.74 Å². The van der Waals surface area contributed by atoms with Crippen molar-refractivity contribution in [3.05, 3.63) is 59.2 Å². The summed E-state index contributed by atoms with van der Waals surface area (Å²) in [7, 11) is -3.52. The van der Waals surface area contributed by atoms with Gasteiger partial charge in [0.2, 0.25) is 10.0 Å². The minimum absolute atomic E-state index is 0.106. The molecule has 0 bridgehead atoms. The van der Waals surface area contributed by atoms with Crippen LogP contribution in [-0.4, -0.2) is 37.0 Å². The average molecular weight is 419 g/mol. The van der Waals surface area contributed by atoms with Gasteiger partial charge in [0.15, 0.2) is 0 Å². The molecule has 2 heterocycles. The van der Waals surface area contributed by atoms with Crippen LogP contribution in [0.3, 0.4) is 0 Å². The van der Waals surface area contributed by atoms with E-state index < -0.39 is 10.0 Å². The van der Waals surface area contributed by atoms with Gasteiger partial charge in [0.25, 0.3) is 0 Å². The van der Waals surface area contributed by atoms with E-state index in [-0.39, 0.29) is 6.04 Å². The van der Waals surface area contributed by atoms with Crippen LogP contribution in [0.4, 0.5) is 0 Å². The monoisotopic (exact) mass is 418 g/mol. The highest BCUT2D eigenvalue weighted by molar-refractivity contribution is 7.89. The predicted octanol–water partition coefficient (Wildman–Crippen LogP) is 4.64. The summed E-state index contributed by atoms with van der Waals surface area (Å²) in [6.45, 7) is 5.47. The molecule has 1 unspecified atom stereocenters. The Kier molecular flexibility index (Phi) is 5.12. The number of rotatable bonds is 5. The second-order valence-corrected chi connectivity index (χ2v) is 9.47. The van der Waals surface area contributed by atoms with Gasteiger partial charge in [-0.2, -0.15) is 4.31 Å². The lowest BCUT2D eigenvalue weighted by Gasteiger charge is -2.18. The Balaban J connectivity index is 1.58. The third kappa shape index (κ3) is 3.41. The van der Waals surface area contributed by atoms with Crippen molar-refractivity contribution in [2.24, 2.45) is 0 Å². The molecule has 7 heteroatoms. The number of ether oxygens (including phenoxy) is 1. The Bertz CT molecular complexity index is 1110. The van der Waals surface area contributed by atoms with Crippen molar-refractivity contribution >= 4 is 32.5 Å². The van der Waals surface area contributed by atoms with Crippen LogP contribution in [0.2, 0.25) is 5.02 Å². The number of hydrogen-bond acceptors (Lipinski definition) is 3. The maximum atomic E-state index is 13.1. The van der Waals surface area contributed by atoms with Crippen molar-refractivity contribution in [2.45, 2.75) is 31.2 Å². The minimum Gasteiger partial charge on any atom is -0.494 e. The Morgan fingerprint density at radius 3 is 2.64 bits per heavy atom. The van der Waals surface area contributed by atoms with E-state index >= 15 is 0 Å². The second-order valence-electron chi connectivity index (χ2n) is 7.09. The van der Waals surface area contributed by atoms with E-state index in [1.807, 2.05) is 25.1 Å². The molecule has 3 aromatic rings. The molecule has 1 fully saturated rings. The standard InChI is InChI=1S/C21H23ClN2O3S/c1-3-27-18-5-7-19(8-6-18)28(25,26)23-11-10-17(14-23)24-13-15(2)20-12-16(22)4-9-21(20)24/h4-9,12-13,17H,3,10-11,14H2,1-2H3. The molecule has 1 atom stereocenters. The predicted molar refractivity (Wildman–Crippen MR) is 112 cm³/mol. The van der Waals surface area contributed by atoms with E-state index in [2.05, 4.69) is 17.7 Å². The van der Waals surface area contributed by atoms with E-state index in [0.717, 1.165) is 22.9 Å². The highest BCUT2D eigenvalue weighted by Gasteiger charge is 2.33. The Labute approximate surface area is 170 Å². The van der Waals surface area contributed by atoms with Crippen molar-refractivity contribution in [1.29, 1.82) is 0 Å². The first-order valence-corrected chi connectivity index (χ1v) is 11.2. The van der Waals surface area contributed by atoms with Crippen LogP contribution in [0.5, 0.6) is 5.75 Å². The fourth-order valence-corrected chi connectivity index (χ4v) is 5.54. The van der Waals surface area contributed by atoms with E-state index in [1.54, 1.807) is 28.6 Å². The molecule has 0 amide bonds. The zero-order chi connectivity index (χ0) is 19.9. The Morgan fingerprint density at radius 1 is 1.18 bits per heavy atom. The number of nitrogens with zero attached hydrogens (tertiary/aromatic N) is 2. The normalized spacial score (nSPS) is 18.0. The van der Waals surface area contributed by atoms with Crippen LogP contribution in [0.15, 0.2) is 53.6 Å². The summed E-state index contributed by atoms with van der Waals surface area (Å²) in [4.78, 5) is 0.303. The number of benzene rings is 2. The Morgan fingerprint density at radius 2 is 1.93 bits per heavy atom. The average Bonchev–Trinajstić information content (AvgIpc) is 3.28. The van der Waals surface area contributed by atoms with Gasteiger partial charge in [-0.05, 0) is 68.3 Å². The lowest BCUT2D eigenvalue weighted by Crippen LogP contribution is -2.29. The second kappa shape index (κ2) is 7.43. The Hall–Kier alpha value is -2.02. The van der Waals surface area contributed by atoms with Crippen LogP contribution in [0.25, 0.3) is 10.9 Å². The number of sulfonamides is 1. The van der Waals surface area contributed by atoms with Gasteiger partial charge >= 0.3 is 0 Å². The van der Waals surface area contributed by atoms with Crippen molar-refractivity contribution in [1.82, 2.24) is 8.87 Å². The van der Waals surface area contributed by atoms with E-state index in [1.165, 1.54) is 0 Å². The van der Waals surface area contributed by atoms with Gasteiger partial charge in [-0.15, -0.1) is 0 Å². The summed E-state index contributed by atoms with van der Waals surface area (Å²) in [5.74, 6) is 0.675. The van der Waals surface area contributed by atoms with E-state index in [9.17, 15) is 8.42 Å². The smallest absolute Gasteiger partial charge is 0.243 e. The summed E-state index contributed by atoms with van der Waals surface area (Å²) in [6.07, 6.45) is 2.88. The van der Waals surface area contributed by atoms with Crippen molar-refractivity contribution < 1.29 is 13.2 Å². The maximum Gasteiger partial charge on any atom is 0.243 e. The molecular formula is C21H23ClN2O3S. The molecule has 0 saturated carbocycles. The molecule has 1 saturated heterocycles. The van der Waals surface area contributed by atoms with Gasteiger partial charge in [0, 0.05) is 41.3 Å². The van der Waals surface area contributed by atoms with Crippen molar-refractivity contribution in [2.75, 3.05) is 19.7 Å². The third-order valence-corrected chi connectivity index (χ3v) is 7.40. The first-order valence-electron chi connectivity index (χ1n) is 9.40. The molecule has 148 valence electrons. The molecule has 5 nitrogen and oxygen atoms in total. The van der Waals surface area contributed by atoms with Gasteiger partial charge in [-0.3, -0.25) is 0 Å². The molecule has 28 heavy (non-hydrogen) atoms. The fraction of sp³-hybridized carbons (Fsp3) is 0.333. The summed E-state index contributed by atoms with van der Waals surface area (Å²) >= 11 is 6.14. The van der Waals surface area contributed by atoms with E-state index in [4.69, 9.17) is 16.3 Å². The molecular weight excluding hydrogens is 396 g/mol. The summed E-state index contributed by atoms with van der Waals surface area (Å²) in [5.41, 5.74) is 2.23. The zero-order valence-corrected chi connectivity index (χ0v) is 17.5. The molecule has 2 aromatic carbocycles. The van der Waals surface area contributed by atoms with Gasteiger partial charge in [0.1, 0.15) is 5.75 Å². The summed E-state index contributed by atoms with van der Waals surface area (Å²) in [5, 5.41) is 1.82. The molecule has 0 N–H and O–H groups in total. The van der Waals surface area contributed by atoms with Crippen LogP contribution >= 0.6 is 11.6 Å². The molecule has 1 aromatic heterocycles. The summed E-state index contributed by atoms with van der Waals surface area (Å²) < 4.78 is 35.3. The molecule has 4 rings (SSSR count). The SMILES string of the molecule is CCOc1ccc(S(=O)(=O)N2CCC(n3cc(C)c4cc(Cl)ccc43)C2)cc1. The topological polar surface area (TPSA) is 51.5 Å². The van der Waals surface area contributed by atoms with Gasteiger partial charge in [-0.25, -0.2) is 8.42 Å². The minimum atomic E-state index is -3.52. The molecule has 0 radical (unpaired) electrons. The number of aromatic nitrogens is 1. The van der Waals surface area contributed by atoms with Gasteiger partial charge in [0.05, 0.1) is 11.5 Å². The largest absolute Gasteiger partial charge is 0.494 e. The van der Waals surface area contributed by atoms with Crippen molar-refractivity contribution in [3.8, 4) is 5.75 Å². The quantitative estimate of drug-likeness (QED) is 0.606. The van der Waals surface area contributed by atoms with Gasteiger partial charge < -0.3 is 9.30 Å². The van der Waals surface area contributed by atoms with Crippen molar-refractivity contribution in [3.63, 3.8) is 0 Å². The lowest BCUT2D eigenvalue weighted by atomic mass is 10.2. The van der Waals surface area contributed by atoms with Crippen LogP contribution in [-0.2, 0) is 10.0 Å². The first kappa shape index (κ1) is 19.3. The maximum absolute atomic E-state index is 13.1. The van der Waals surface area contributed by atoms with Crippen LogP contribution in [0.1, 0.15) is 24.9 Å². The summed E-state index contributed by atoms with van der Waals surface area (Å²) in [6, 6.07) is 12.6. The molecule has 1 aliphatic heterocycles.